The van der Waals surface area contributed by atoms with Gasteiger partial charge in [0, 0.05) is 36.8 Å². The van der Waals surface area contributed by atoms with E-state index in [2.05, 4.69) is 23.6 Å². The lowest BCUT2D eigenvalue weighted by Gasteiger charge is -2.09. The largest absolute Gasteiger partial charge is 0.490 e. The number of ether oxygens (including phenoxy) is 2. The Hall–Kier alpha value is -2.83. The molecule has 0 spiro atoms. The van der Waals surface area contributed by atoms with Crippen LogP contribution in [0.5, 0.6) is 11.5 Å². The number of aliphatic hydroxyl groups is 1. The first-order chi connectivity index (χ1) is 13.8. The van der Waals surface area contributed by atoms with Gasteiger partial charge in [-0.25, -0.2) is 0 Å². The van der Waals surface area contributed by atoms with Crippen LogP contribution in [0.2, 0.25) is 0 Å². The first-order valence-corrected chi connectivity index (χ1v) is 9.65. The van der Waals surface area contributed by atoms with Crippen molar-refractivity contribution in [3.63, 3.8) is 0 Å². The van der Waals surface area contributed by atoms with Crippen molar-refractivity contribution in [3.8, 4) is 22.8 Å². The van der Waals surface area contributed by atoms with Crippen LogP contribution in [0.4, 0.5) is 0 Å². The molecule has 1 aliphatic heterocycles. The molecule has 0 fully saturated rings. The highest BCUT2D eigenvalue weighted by molar-refractivity contribution is 5.66. The summed E-state index contributed by atoms with van der Waals surface area (Å²) in [5.74, 6) is 1.55. The van der Waals surface area contributed by atoms with Gasteiger partial charge in [0.25, 0.3) is 0 Å². The van der Waals surface area contributed by atoms with Crippen molar-refractivity contribution in [3.05, 3.63) is 65.9 Å². The molecule has 6 nitrogen and oxygen atoms in total. The molecule has 146 valence electrons. The van der Waals surface area contributed by atoms with E-state index in [-0.39, 0.29) is 6.61 Å². The first kappa shape index (κ1) is 18.5. The quantitative estimate of drug-likeness (QED) is 0.618. The molecule has 2 N–H and O–H groups in total. The van der Waals surface area contributed by atoms with Crippen LogP contribution in [0.3, 0.4) is 0 Å². The van der Waals surface area contributed by atoms with E-state index in [9.17, 15) is 0 Å². The predicted octanol–water partition coefficient (Wildman–Crippen LogP) is 2.84. The van der Waals surface area contributed by atoms with Crippen molar-refractivity contribution in [2.45, 2.75) is 19.5 Å². The van der Waals surface area contributed by atoms with Gasteiger partial charge in [0.2, 0.25) is 0 Å². The average Bonchev–Trinajstić information content (AvgIpc) is 2.96. The molecule has 0 unspecified atom stereocenters. The molecule has 28 heavy (non-hydrogen) atoms. The number of hydrogen-bond acceptors (Lipinski definition) is 5. The lowest BCUT2D eigenvalue weighted by atomic mass is 10.1. The van der Waals surface area contributed by atoms with Crippen LogP contribution < -0.4 is 14.8 Å². The van der Waals surface area contributed by atoms with Gasteiger partial charge in [0.15, 0.2) is 11.5 Å². The number of fused-ring (bicyclic) bond motifs is 1. The number of nitrogens with zero attached hydrogens (tertiary/aromatic N) is 2. The summed E-state index contributed by atoms with van der Waals surface area (Å²) in [6.07, 6.45) is 2.95. The molecule has 1 aliphatic rings. The van der Waals surface area contributed by atoms with E-state index in [0.29, 0.717) is 32.8 Å². The number of rotatable bonds is 7. The summed E-state index contributed by atoms with van der Waals surface area (Å²) < 4.78 is 13.5. The zero-order valence-electron chi connectivity index (χ0n) is 15.8. The van der Waals surface area contributed by atoms with Gasteiger partial charge in [-0.15, -0.1) is 0 Å². The number of aliphatic hydroxyl groups excluding tert-OH is 1. The molecule has 0 atom stereocenters. The molecule has 0 radical (unpaired) electrons. The maximum absolute atomic E-state index is 9.08. The second kappa shape index (κ2) is 8.91. The van der Waals surface area contributed by atoms with E-state index >= 15 is 0 Å². The van der Waals surface area contributed by atoms with Crippen molar-refractivity contribution in [2.24, 2.45) is 0 Å². The van der Waals surface area contributed by atoms with Gasteiger partial charge >= 0.3 is 0 Å². The minimum atomic E-state index is 0.109. The Bertz CT molecular complexity index is 909. The molecule has 0 saturated carbocycles. The summed E-state index contributed by atoms with van der Waals surface area (Å²) >= 11 is 0. The zero-order chi connectivity index (χ0) is 19.2. The Morgan fingerprint density at radius 3 is 2.68 bits per heavy atom. The van der Waals surface area contributed by atoms with E-state index in [4.69, 9.17) is 19.7 Å². The molecule has 4 rings (SSSR count). The zero-order valence-corrected chi connectivity index (χ0v) is 15.8. The van der Waals surface area contributed by atoms with E-state index in [1.807, 2.05) is 41.1 Å². The van der Waals surface area contributed by atoms with Crippen LogP contribution in [-0.4, -0.2) is 41.3 Å². The minimum Gasteiger partial charge on any atom is -0.490 e. The molecule has 1 aromatic heterocycles. The number of hydrogen-bond donors (Lipinski definition) is 2. The highest BCUT2D eigenvalue weighted by Gasteiger charge is 2.16. The van der Waals surface area contributed by atoms with E-state index in [1.165, 1.54) is 5.56 Å². The van der Waals surface area contributed by atoms with E-state index in [0.717, 1.165) is 34.7 Å². The molecule has 3 aromatic rings. The van der Waals surface area contributed by atoms with Crippen LogP contribution in [0.1, 0.15) is 17.5 Å². The van der Waals surface area contributed by atoms with Crippen molar-refractivity contribution >= 4 is 0 Å². The number of aromatic nitrogens is 2. The van der Waals surface area contributed by atoms with Gasteiger partial charge in [-0.05, 0) is 23.8 Å². The Morgan fingerprint density at radius 1 is 1.04 bits per heavy atom. The van der Waals surface area contributed by atoms with Gasteiger partial charge in [-0.3, -0.25) is 4.68 Å². The molecule has 2 heterocycles. The maximum Gasteiger partial charge on any atom is 0.161 e. The third-order valence-corrected chi connectivity index (χ3v) is 4.65. The molecule has 0 aliphatic carbocycles. The van der Waals surface area contributed by atoms with E-state index < -0.39 is 0 Å². The standard InChI is InChI=1S/C22H25N3O3/c26-10-9-23-14-19-16-25(15-17-5-2-1-3-6-17)24-22(19)18-7-8-20-21(13-18)28-12-4-11-27-20/h1-3,5-8,13,16,23,26H,4,9-12,14-15H2. The van der Waals surface area contributed by atoms with Crippen LogP contribution in [0, 0.1) is 0 Å². The fraction of sp³-hybridized carbons (Fsp3) is 0.318. The lowest BCUT2D eigenvalue weighted by molar-refractivity contribution is 0.292. The average molecular weight is 379 g/mol. The normalized spacial score (nSPS) is 13.3. The SMILES string of the molecule is OCCNCc1cn(Cc2ccccc2)nc1-c1ccc2c(c1)OCCCO2. The monoisotopic (exact) mass is 379 g/mol. The van der Waals surface area contributed by atoms with Crippen LogP contribution >= 0.6 is 0 Å². The molecule has 0 saturated heterocycles. The summed E-state index contributed by atoms with van der Waals surface area (Å²) in [6, 6.07) is 16.3. The highest BCUT2D eigenvalue weighted by Crippen LogP contribution is 2.34. The van der Waals surface area contributed by atoms with Crippen molar-refractivity contribution < 1.29 is 14.6 Å². The van der Waals surface area contributed by atoms with E-state index in [1.54, 1.807) is 0 Å². The molecular weight excluding hydrogens is 354 g/mol. The fourth-order valence-corrected chi connectivity index (χ4v) is 3.30. The third kappa shape index (κ3) is 4.35. The maximum atomic E-state index is 9.08. The number of benzene rings is 2. The van der Waals surface area contributed by atoms with Crippen molar-refractivity contribution in [1.82, 2.24) is 15.1 Å². The Labute approximate surface area is 164 Å². The summed E-state index contributed by atoms with van der Waals surface area (Å²) in [4.78, 5) is 0. The van der Waals surface area contributed by atoms with Crippen LogP contribution in [-0.2, 0) is 13.1 Å². The molecule has 2 aromatic carbocycles. The lowest BCUT2D eigenvalue weighted by Crippen LogP contribution is -2.17. The van der Waals surface area contributed by atoms with Gasteiger partial charge in [0.1, 0.15) is 0 Å². The summed E-state index contributed by atoms with van der Waals surface area (Å²) in [6.45, 7) is 3.33. The molecular formula is C22H25N3O3. The summed E-state index contributed by atoms with van der Waals surface area (Å²) in [7, 11) is 0. The smallest absolute Gasteiger partial charge is 0.161 e. The number of nitrogens with one attached hydrogen (secondary N) is 1. The highest BCUT2D eigenvalue weighted by atomic mass is 16.5. The van der Waals surface area contributed by atoms with Gasteiger partial charge in [0.05, 0.1) is 32.1 Å². The Morgan fingerprint density at radius 2 is 1.86 bits per heavy atom. The van der Waals surface area contributed by atoms with Crippen LogP contribution in [0.25, 0.3) is 11.3 Å². The van der Waals surface area contributed by atoms with Crippen LogP contribution in [0.15, 0.2) is 54.7 Å². The Balaban J connectivity index is 1.65. The fourth-order valence-electron chi connectivity index (χ4n) is 3.30. The van der Waals surface area contributed by atoms with Crippen molar-refractivity contribution in [2.75, 3.05) is 26.4 Å². The van der Waals surface area contributed by atoms with Gasteiger partial charge in [-0.1, -0.05) is 30.3 Å². The second-order valence-corrected chi connectivity index (χ2v) is 6.80. The minimum absolute atomic E-state index is 0.109. The molecule has 0 bridgehead atoms. The summed E-state index contributed by atoms with van der Waals surface area (Å²) in [5.41, 5.74) is 4.19. The summed E-state index contributed by atoms with van der Waals surface area (Å²) in [5, 5.41) is 17.2. The third-order valence-electron chi connectivity index (χ3n) is 4.65. The first-order valence-electron chi connectivity index (χ1n) is 9.65. The van der Waals surface area contributed by atoms with Crippen molar-refractivity contribution in [1.29, 1.82) is 0 Å². The van der Waals surface area contributed by atoms with Gasteiger partial charge in [-0.2, -0.15) is 5.10 Å². The second-order valence-electron chi connectivity index (χ2n) is 6.80. The molecule has 0 amide bonds. The van der Waals surface area contributed by atoms with Gasteiger partial charge < -0.3 is 19.9 Å². The Kier molecular flexibility index (Phi) is 5.89. The topological polar surface area (TPSA) is 68.5 Å². The predicted molar refractivity (Wildman–Crippen MR) is 108 cm³/mol. The molecule has 6 heteroatoms.